The number of aryl methyl sites for hydroxylation is 2. The number of hydrazone groups is 1. The van der Waals surface area contributed by atoms with Crippen LogP contribution in [0.1, 0.15) is 56.2 Å². The molecule has 0 radical (unpaired) electrons. The number of fused-ring (bicyclic) bond motifs is 1. The van der Waals surface area contributed by atoms with Crippen molar-refractivity contribution in [3.8, 4) is 0 Å². The van der Waals surface area contributed by atoms with Crippen molar-refractivity contribution >= 4 is 46.4 Å². The lowest BCUT2D eigenvalue weighted by atomic mass is 9.93. The van der Waals surface area contributed by atoms with Gasteiger partial charge < -0.3 is 9.73 Å². The van der Waals surface area contributed by atoms with Gasteiger partial charge in [-0.3, -0.25) is 9.59 Å². The Hall–Kier alpha value is -3.09. The van der Waals surface area contributed by atoms with E-state index in [-0.39, 0.29) is 17.6 Å². The molecule has 164 valence electrons. The summed E-state index contributed by atoms with van der Waals surface area (Å²) in [6.07, 6.45) is 2.18. The van der Waals surface area contributed by atoms with Crippen molar-refractivity contribution in [2.24, 2.45) is 5.10 Å². The number of anilines is 1. The topological polar surface area (TPSA) is 83.7 Å². The number of nitrogens with one attached hydrogen (secondary N) is 2. The van der Waals surface area contributed by atoms with Gasteiger partial charge in [0, 0.05) is 38.8 Å². The number of carbonyl (C=O) groups excluding carboxylic acids is 2. The van der Waals surface area contributed by atoms with Gasteiger partial charge in [0.1, 0.15) is 5.76 Å². The number of carbonyl (C=O) groups is 2. The van der Waals surface area contributed by atoms with Gasteiger partial charge in [0.15, 0.2) is 5.76 Å². The highest BCUT2D eigenvalue weighted by molar-refractivity contribution is 6.31. The number of nitrogens with zero attached hydrogens (tertiary/aromatic N) is 1. The van der Waals surface area contributed by atoms with E-state index in [4.69, 9.17) is 27.6 Å². The number of rotatable bonds is 4. The molecule has 32 heavy (non-hydrogen) atoms. The molecule has 0 bridgehead atoms. The molecule has 0 fully saturated rings. The Kier molecular flexibility index (Phi) is 6.35. The molecule has 1 heterocycles. The van der Waals surface area contributed by atoms with Crippen molar-refractivity contribution in [1.82, 2.24) is 5.43 Å². The van der Waals surface area contributed by atoms with Gasteiger partial charge in [0.05, 0.1) is 5.71 Å². The zero-order valence-corrected chi connectivity index (χ0v) is 19.1. The summed E-state index contributed by atoms with van der Waals surface area (Å²) in [5.74, 6) is 0.233. The van der Waals surface area contributed by atoms with Crippen molar-refractivity contribution in [2.45, 2.75) is 33.1 Å². The maximum atomic E-state index is 12.9. The van der Waals surface area contributed by atoms with Gasteiger partial charge in [-0.2, -0.15) is 5.10 Å². The van der Waals surface area contributed by atoms with Gasteiger partial charge >= 0.3 is 0 Å². The Morgan fingerprint density at radius 3 is 2.53 bits per heavy atom. The maximum Gasteiger partial charge on any atom is 0.291 e. The minimum Gasteiger partial charge on any atom is -0.455 e. The lowest BCUT2D eigenvalue weighted by Gasteiger charge is -2.13. The van der Waals surface area contributed by atoms with Crippen molar-refractivity contribution in [3.63, 3.8) is 0 Å². The molecule has 0 unspecified atom stereocenters. The molecule has 8 heteroatoms. The largest absolute Gasteiger partial charge is 0.455 e. The van der Waals surface area contributed by atoms with Crippen LogP contribution in [0.25, 0.3) is 0 Å². The molecule has 3 aromatic rings. The molecule has 0 saturated carbocycles. The highest BCUT2D eigenvalue weighted by atomic mass is 35.5. The van der Waals surface area contributed by atoms with Gasteiger partial charge in [0.2, 0.25) is 0 Å². The van der Waals surface area contributed by atoms with Gasteiger partial charge in [0.25, 0.3) is 11.8 Å². The standard InChI is InChI=1S/C24H21Cl2N3O3/c1-13-11-17(26)9-10-18(13)27-24(31)22-14(2)21-19(7-4-8-20(21)32-22)28-29-23(30)15-5-3-6-16(25)12-15/h3,5-6,9-12H,4,7-8H2,1-2H3,(H,27,31)(H,29,30)/b28-19+. The number of amides is 2. The van der Waals surface area contributed by atoms with Crippen LogP contribution in [0.15, 0.2) is 52.0 Å². The summed E-state index contributed by atoms with van der Waals surface area (Å²) < 4.78 is 5.92. The van der Waals surface area contributed by atoms with Gasteiger partial charge in [-0.05, 0) is 68.7 Å². The average molecular weight is 470 g/mol. The van der Waals surface area contributed by atoms with Crippen molar-refractivity contribution in [1.29, 1.82) is 0 Å². The molecule has 1 aromatic heterocycles. The summed E-state index contributed by atoms with van der Waals surface area (Å²) in [5, 5.41) is 8.30. The Balaban J connectivity index is 1.57. The SMILES string of the molecule is Cc1cc(Cl)ccc1NC(=O)c1oc2c(c1C)/C(=N/NC(=O)c1cccc(Cl)c1)CCC2. The molecular weight excluding hydrogens is 449 g/mol. The summed E-state index contributed by atoms with van der Waals surface area (Å²) in [6, 6.07) is 11.9. The minimum atomic E-state index is -0.357. The van der Waals surface area contributed by atoms with Gasteiger partial charge in [-0.15, -0.1) is 0 Å². The third kappa shape index (κ3) is 4.56. The number of halogens is 2. The van der Waals surface area contributed by atoms with E-state index in [0.717, 1.165) is 17.5 Å². The van der Waals surface area contributed by atoms with E-state index in [9.17, 15) is 9.59 Å². The van der Waals surface area contributed by atoms with Gasteiger partial charge in [-0.25, -0.2) is 5.43 Å². The fourth-order valence-electron chi connectivity index (χ4n) is 3.76. The van der Waals surface area contributed by atoms with Crippen molar-refractivity contribution in [3.05, 3.63) is 86.3 Å². The molecule has 1 aliphatic rings. The molecule has 0 spiro atoms. The Morgan fingerprint density at radius 2 is 1.78 bits per heavy atom. The van der Waals surface area contributed by atoms with E-state index in [1.165, 1.54) is 0 Å². The Labute approximate surface area is 195 Å². The zero-order valence-electron chi connectivity index (χ0n) is 17.6. The van der Waals surface area contributed by atoms with E-state index in [1.54, 1.807) is 42.5 Å². The van der Waals surface area contributed by atoms with Crippen LogP contribution >= 0.6 is 23.2 Å². The van der Waals surface area contributed by atoms with Crippen molar-refractivity contribution < 1.29 is 14.0 Å². The van der Waals surface area contributed by atoms with Crippen LogP contribution in [-0.2, 0) is 6.42 Å². The second-order valence-corrected chi connectivity index (χ2v) is 8.50. The first-order chi connectivity index (χ1) is 15.3. The Bertz CT molecular complexity index is 1250. The van der Waals surface area contributed by atoms with Crippen LogP contribution in [0.5, 0.6) is 0 Å². The van der Waals surface area contributed by atoms with E-state index in [0.29, 0.717) is 51.2 Å². The fraction of sp³-hybridized carbons (Fsp3) is 0.208. The van der Waals surface area contributed by atoms with Gasteiger partial charge in [-0.1, -0.05) is 29.3 Å². The molecule has 0 atom stereocenters. The first-order valence-electron chi connectivity index (χ1n) is 10.2. The Morgan fingerprint density at radius 1 is 1.00 bits per heavy atom. The number of hydrogen-bond donors (Lipinski definition) is 2. The number of furan rings is 1. The van der Waals surface area contributed by atoms with Crippen LogP contribution in [-0.4, -0.2) is 17.5 Å². The fourth-order valence-corrected chi connectivity index (χ4v) is 4.17. The van der Waals surface area contributed by atoms with E-state index >= 15 is 0 Å². The van der Waals surface area contributed by atoms with E-state index < -0.39 is 0 Å². The monoisotopic (exact) mass is 469 g/mol. The predicted octanol–water partition coefficient (Wildman–Crippen LogP) is 5.93. The smallest absolute Gasteiger partial charge is 0.291 e. The van der Waals surface area contributed by atoms with Crippen LogP contribution in [0.2, 0.25) is 10.0 Å². The number of benzene rings is 2. The average Bonchev–Trinajstić information content (AvgIpc) is 3.11. The first-order valence-corrected chi connectivity index (χ1v) is 10.9. The van der Waals surface area contributed by atoms with Crippen LogP contribution in [0, 0.1) is 13.8 Å². The second kappa shape index (κ2) is 9.18. The normalized spacial score (nSPS) is 14.2. The molecule has 0 saturated heterocycles. The van der Waals surface area contributed by atoms with E-state index in [1.807, 2.05) is 13.8 Å². The highest BCUT2D eigenvalue weighted by Crippen LogP contribution is 2.31. The minimum absolute atomic E-state index is 0.236. The summed E-state index contributed by atoms with van der Waals surface area (Å²) in [6.45, 7) is 3.69. The first kappa shape index (κ1) is 22.1. The summed E-state index contributed by atoms with van der Waals surface area (Å²) in [4.78, 5) is 25.4. The molecule has 2 amide bonds. The summed E-state index contributed by atoms with van der Waals surface area (Å²) >= 11 is 12.0. The third-order valence-corrected chi connectivity index (χ3v) is 5.82. The zero-order chi connectivity index (χ0) is 22.8. The third-order valence-electron chi connectivity index (χ3n) is 5.35. The van der Waals surface area contributed by atoms with Crippen LogP contribution in [0.3, 0.4) is 0 Å². The lowest BCUT2D eigenvalue weighted by molar-refractivity contribution is 0.0953. The second-order valence-electron chi connectivity index (χ2n) is 7.63. The predicted molar refractivity (Wildman–Crippen MR) is 126 cm³/mol. The molecule has 2 N–H and O–H groups in total. The quantitative estimate of drug-likeness (QED) is 0.464. The molecule has 1 aliphatic carbocycles. The van der Waals surface area contributed by atoms with Crippen LogP contribution in [0.4, 0.5) is 5.69 Å². The molecule has 2 aromatic carbocycles. The number of hydrogen-bond acceptors (Lipinski definition) is 4. The van der Waals surface area contributed by atoms with E-state index in [2.05, 4.69) is 15.8 Å². The van der Waals surface area contributed by atoms with Crippen molar-refractivity contribution in [2.75, 3.05) is 5.32 Å². The summed E-state index contributed by atoms with van der Waals surface area (Å²) in [5.41, 5.74) is 6.68. The molecule has 4 rings (SSSR count). The lowest BCUT2D eigenvalue weighted by Crippen LogP contribution is -2.22. The highest BCUT2D eigenvalue weighted by Gasteiger charge is 2.28. The molecule has 0 aliphatic heterocycles. The molecular formula is C24H21Cl2N3O3. The van der Waals surface area contributed by atoms with Crippen LogP contribution < -0.4 is 10.7 Å². The maximum absolute atomic E-state index is 12.9. The summed E-state index contributed by atoms with van der Waals surface area (Å²) in [7, 11) is 0. The molecule has 6 nitrogen and oxygen atoms in total.